The molecule has 5 rings (SSSR count). The number of nitrogens with zero attached hydrogens (tertiary/aromatic N) is 2. The Bertz CT molecular complexity index is 1270. The predicted octanol–water partition coefficient (Wildman–Crippen LogP) is 3.16. The standard InChI is InChI=1S/C24H20B.C9H13N2O3/c1-5-13-21(14-6-1)25(22-15-7-2-8-16-22,23-17-9-3-10-18-23)24-19-11-4-12-20-24;1-10(2)9(12)14-11-6-4-8(13-3)5-7-11/h1-20H;4-7H,1-3H3/q-1;+1. The highest BCUT2D eigenvalue weighted by atomic mass is 16.7. The summed E-state index contributed by atoms with van der Waals surface area (Å²) in [5.41, 5.74) is 5.36. The lowest BCUT2D eigenvalue weighted by molar-refractivity contribution is -0.869. The Morgan fingerprint density at radius 2 is 0.923 bits per heavy atom. The zero-order valence-corrected chi connectivity index (χ0v) is 22.6. The van der Waals surface area contributed by atoms with Crippen molar-refractivity contribution < 1.29 is 19.1 Å². The number of benzene rings is 4. The van der Waals surface area contributed by atoms with Gasteiger partial charge in [0.05, 0.1) is 7.11 Å². The van der Waals surface area contributed by atoms with Gasteiger partial charge in [-0.15, -0.1) is 0 Å². The Hall–Kier alpha value is -4.84. The van der Waals surface area contributed by atoms with Crippen LogP contribution in [0.25, 0.3) is 0 Å². The third-order valence-corrected chi connectivity index (χ3v) is 6.75. The molecule has 0 atom stereocenters. The van der Waals surface area contributed by atoms with Gasteiger partial charge in [0.25, 0.3) is 0 Å². The van der Waals surface area contributed by atoms with Gasteiger partial charge in [0.1, 0.15) is 11.9 Å². The third kappa shape index (κ3) is 6.36. The number of hydrogen-bond donors (Lipinski definition) is 0. The molecule has 1 heterocycles. The van der Waals surface area contributed by atoms with Crippen LogP contribution >= 0.6 is 0 Å². The van der Waals surface area contributed by atoms with E-state index in [2.05, 4.69) is 121 Å². The van der Waals surface area contributed by atoms with Crippen LogP contribution in [0, 0.1) is 0 Å². The molecule has 0 aliphatic heterocycles. The van der Waals surface area contributed by atoms with Crippen molar-refractivity contribution in [1.29, 1.82) is 0 Å². The molecule has 196 valence electrons. The summed E-state index contributed by atoms with van der Waals surface area (Å²) in [5.74, 6) is 0.710. The van der Waals surface area contributed by atoms with E-state index in [4.69, 9.17) is 9.57 Å². The highest BCUT2D eigenvalue weighted by Gasteiger charge is 2.31. The van der Waals surface area contributed by atoms with Crippen LogP contribution in [0.15, 0.2) is 146 Å². The van der Waals surface area contributed by atoms with E-state index in [1.165, 1.54) is 31.5 Å². The molecule has 5 nitrogen and oxygen atoms in total. The largest absolute Gasteiger partial charge is 0.496 e. The number of carbonyl (C=O) groups excluding carboxylic acids is 1. The van der Waals surface area contributed by atoms with Crippen LogP contribution in [-0.2, 0) is 0 Å². The number of methoxy groups -OCH3 is 1. The summed E-state index contributed by atoms with van der Waals surface area (Å²) < 4.78 is 6.27. The lowest BCUT2D eigenvalue weighted by atomic mass is 9.13. The van der Waals surface area contributed by atoms with Crippen LogP contribution < -0.4 is 36.2 Å². The summed E-state index contributed by atoms with van der Waals surface area (Å²) in [6.07, 6.45) is 1.55. The van der Waals surface area contributed by atoms with E-state index in [0.717, 1.165) is 0 Å². The Morgan fingerprint density at radius 3 is 1.21 bits per heavy atom. The lowest BCUT2D eigenvalue weighted by Crippen LogP contribution is -2.74. The number of hydrogen-bond acceptors (Lipinski definition) is 3. The van der Waals surface area contributed by atoms with Crippen molar-refractivity contribution in [3.63, 3.8) is 0 Å². The molecule has 39 heavy (non-hydrogen) atoms. The topological polar surface area (TPSA) is 42.6 Å². The minimum Gasteiger partial charge on any atom is -0.496 e. The van der Waals surface area contributed by atoms with Gasteiger partial charge in [-0.3, -0.25) is 0 Å². The molecule has 0 spiro atoms. The molecular formula is C33H33BN2O3. The van der Waals surface area contributed by atoms with Crippen LogP contribution in [0.5, 0.6) is 5.75 Å². The maximum atomic E-state index is 11.1. The maximum Gasteiger partial charge on any atom is 0.477 e. The van der Waals surface area contributed by atoms with Crippen molar-refractivity contribution >= 4 is 34.1 Å². The van der Waals surface area contributed by atoms with Crippen molar-refractivity contribution in [2.24, 2.45) is 0 Å². The number of ether oxygens (including phenoxy) is 1. The summed E-state index contributed by atoms with van der Waals surface area (Å²) in [7, 11) is 4.81. The fourth-order valence-electron chi connectivity index (χ4n) is 4.89. The lowest BCUT2D eigenvalue weighted by Gasteiger charge is -2.44. The number of rotatable bonds is 6. The van der Waals surface area contributed by atoms with Gasteiger partial charge < -0.3 is 9.64 Å². The second kappa shape index (κ2) is 13.1. The molecule has 0 aliphatic carbocycles. The third-order valence-electron chi connectivity index (χ3n) is 6.75. The van der Waals surface area contributed by atoms with Gasteiger partial charge in [-0.1, -0.05) is 121 Å². The summed E-state index contributed by atoms with van der Waals surface area (Å²) in [6.45, 7) is 0. The van der Waals surface area contributed by atoms with Gasteiger partial charge in [-0.2, -0.15) is 26.7 Å². The Morgan fingerprint density at radius 1 is 0.590 bits per heavy atom. The van der Waals surface area contributed by atoms with Gasteiger partial charge in [0.2, 0.25) is 12.4 Å². The quantitative estimate of drug-likeness (QED) is 0.257. The number of carbonyl (C=O) groups is 1. The fourth-order valence-corrected chi connectivity index (χ4v) is 4.89. The van der Waals surface area contributed by atoms with E-state index in [0.29, 0.717) is 5.75 Å². The Labute approximate surface area is 230 Å². The van der Waals surface area contributed by atoms with Gasteiger partial charge in [0.15, 0.2) is 0 Å². The first-order valence-electron chi connectivity index (χ1n) is 12.9. The van der Waals surface area contributed by atoms with Crippen molar-refractivity contribution in [3.05, 3.63) is 146 Å². The van der Waals surface area contributed by atoms with Crippen molar-refractivity contribution in [3.8, 4) is 5.75 Å². The van der Waals surface area contributed by atoms with E-state index < -0.39 is 12.2 Å². The zero-order valence-electron chi connectivity index (χ0n) is 22.6. The predicted molar refractivity (Wildman–Crippen MR) is 159 cm³/mol. The van der Waals surface area contributed by atoms with Crippen LogP contribution in [0.2, 0.25) is 0 Å². The molecule has 1 aromatic heterocycles. The molecule has 0 unspecified atom stereocenters. The van der Waals surface area contributed by atoms with Gasteiger partial charge >= 0.3 is 6.09 Å². The molecule has 0 saturated carbocycles. The summed E-state index contributed by atoms with van der Waals surface area (Å²) >= 11 is 0. The van der Waals surface area contributed by atoms with Gasteiger partial charge in [0, 0.05) is 31.0 Å². The second-order valence-corrected chi connectivity index (χ2v) is 9.36. The first kappa shape index (κ1) is 27.2. The van der Waals surface area contributed by atoms with E-state index in [-0.39, 0.29) is 0 Å². The molecule has 0 bridgehead atoms. The molecule has 6 heteroatoms. The van der Waals surface area contributed by atoms with Crippen LogP contribution in [0.1, 0.15) is 0 Å². The molecule has 0 aliphatic rings. The molecule has 0 saturated heterocycles. The smallest absolute Gasteiger partial charge is 0.477 e. The molecule has 5 aromatic rings. The Kier molecular flexibility index (Phi) is 9.14. The average molecular weight is 516 g/mol. The molecule has 4 aromatic carbocycles. The molecule has 0 fully saturated rings. The van der Waals surface area contributed by atoms with Crippen molar-refractivity contribution in [2.75, 3.05) is 21.2 Å². The molecular weight excluding hydrogens is 483 g/mol. The van der Waals surface area contributed by atoms with Crippen LogP contribution in [0.3, 0.4) is 0 Å². The highest BCUT2D eigenvalue weighted by molar-refractivity contribution is 7.19. The summed E-state index contributed by atoms with van der Waals surface area (Å²) in [5, 5.41) is 0. The monoisotopic (exact) mass is 516 g/mol. The van der Waals surface area contributed by atoms with Crippen LogP contribution in [-0.4, -0.2) is 38.3 Å². The minimum atomic E-state index is -1.22. The minimum absolute atomic E-state index is 0.430. The van der Waals surface area contributed by atoms with E-state index in [9.17, 15) is 4.79 Å². The van der Waals surface area contributed by atoms with Gasteiger partial charge in [-0.05, 0) is 0 Å². The van der Waals surface area contributed by atoms with E-state index in [1.54, 1.807) is 45.7 Å². The van der Waals surface area contributed by atoms with Gasteiger partial charge in [-0.25, -0.2) is 4.79 Å². The number of aromatic nitrogens is 1. The average Bonchev–Trinajstić information content (AvgIpc) is 3.00. The maximum absolute atomic E-state index is 11.1. The summed E-state index contributed by atoms with van der Waals surface area (Å²) in [6, 6.07) is 46.9. The second-order valence-electron chi connectivity index (χ2n) is 9.36. The normalized spacial score (nSPS) is 10.5. The fraction of sp³-hybridized carbons (Fsp3) is 0.0909. The molecule has 0 radical (unpaired) electrons. The van der Waals surface area contributed by atoms with Crippen LogP contribution in [0.4, 0.5) is 4.79 Å². The number of amides is 1. The molecule has 0 N–H and O–H groups in total. The molecule has 1 amide bonds. The first-order chi connectivity index (χ1) is 19.1. The van der Waals surface area contributed by atoms with E-state index in [1.807, 2.05) is 0 Å². The van der Waals surface area contributed by atoms with Crippen molar-refractivity contribution in [1.82, 2.24) is 4.90 Å². The first-order valence-corrected chi connectivity index (χ1v) is 12.9. The van der Waals surface area contributed by atoms with E-state index >= 15 is 0 Å². The number of pyridine rings is 1. The van der Waals surface area contributed by atoms with Crippen molar-refractivity contribution in [2.45, 2.75) is 0 Å². The zero-order chi connectivity index (χ0) is 27.5. The highest BCUT2D eigenvalue weighted by Crippen LogP contribution is 2.09. The Balaban J connectivity index is 0.000000215. The SMILES string of the molecule is COc1cc[n+](OC(=O)N(C)C)cc1.c1ccc([B-](c2ccccc2)(c2ccccc2)c2ccccc2)cc1. The summed E-state index contributed by atoms with van der Waals surface area (Å²) in [4.78, 5) is 17.4.